The molecule has 0 spiro atoms. The topological polar surface area (TPSA) is 105 Å². The molecule has 2 unspecified atom stereocenters. The van der Waals surface area contributed by atoms with Crippen molar-refractivity contribution in [1.82, 2.24) is 9.88 Å². The first-order valence-electron chi connectivity index (χ1n) is 8.77. The van der Waals surface area contributed by atoms with E-state index in [9.17, 15) is 24.1 Å². The van der Waals surface area contributed by atoms with Gasteiger partial charge < -0.3 is 10.2 Å². The van der Waals surface area contributed by atoms with Gasteiger partial charge in [0.2, 0.25) is 5.91 Å². The van der Waals surface area contributed by atoms with Crippen LogP contribution < -0.4 is 5.32 Å². The quantitative estimate of drug-likeness (QED) is 0.641. The molecule has 2 atom stereocenters. The Labute approximate surface area is 160 Å². The number of nitro groups is 1. The molecule has 1 aromatic carbocycles. The van der Waals surface area contributed by atoms with E-state index in [2.05, 4.69) is 10.3 Å². The molecule has 0 radical (unpaired) electrons. The summed E-state index contributed by atoms with van der Waals surface area (Å²) in [5.41, 5.74) is -0.582. The minimum absolute atomic E-state index is 0.0491. The third kappa shape index (κ3) is 3.68. The fourth-order valence-electron chi connectivity index (χ4n) is 3.51. The van der Waals surface area contributed by atoms with Crippen molar-refractivity contribution in [2.75, 3.05) is 11.9 Å². The lowest BCUT2D eigenvalue weighted by molar-refractivity contribution is -0.384. The number of nitrogens with one attached hydrogen (secondary N) is 1. The summed E-state index contributed by atoms with van der Waals surface area (Å²) in [6.45, 7) is 3.72. The van der Waals surface area contributed by atoms with E-state index < -0.39 is 28.4 Å². The number of pyridine rings is 1. The number of amides is 2. The second-order valence-corrected chi connectivity index (χ2v) is 6.74. The molecule has 1 N–H and O–H groups in total. The van der Waals surface area contributed by atoms with E-state index in [0.717, 1.165) is 12.1 Å². The second-order valence-electron chi connectivity index (χ2n) is 6.74. The van der Waals surface area contributed by atoms with Crippen LogP contribution >= 0.6 is 0 Å². The van der Waals surface area contributed by atoms with E-state index in [4.69, 9.17) is 0 Å². The summed E-state index contributed by atoms with van der Waals surface area (Å²) < 4.78 is 14.9. The first kappa shape index (κ1) is 19.4. The number of benzene rings is 1. The number of halogens is 1. The van der Waals surface area contributed by atoms with Gasteiger partial charge in [-0.2, -0.15) is 0 Å². The van der Waals surface area contributed by atoms with E-state index >= 15 is 0 Å². The fraction of sp³-hybridized carbons (Fsp3) is 0.316. The Hall–Kier alpha value is -3.36. The van der Waals surface area contributed by atoms with Crippen LogP contribution in [-0.4, -0.2) is 33.2 Å². The second kappa shape index (κ2) is 7.71. The van der Waals surface area contributed by atoms with E-state index in [1.165, 1.54) is 24.1 Å². The standard InChI is InChI=1S/C19H19FN4O4/c1-11-6-8-23(12(2)25)18(11)13-9-17(24(27)28)16(10-14(13)20)22-19(26)15-5-3-4-7-21-15/h3-5,7,9-11,18H,6,8H2,1-2H3,(H,22,26). The van der Waals surface area contributed by atoms with Gasteiger partial charge in [-0.25, -0.2) is 4.39 Å². The van der Waals surface area contributed by atoms with Crippen LogP contribution in [-0.2, 0) is 4.79 Å². The Bertz CT molecular complexity index is 935. The first-order chi connectivity index (χ1) is 13.3. The number of hydrogen-bond donors (Lipinski definition) is 1. The van der Waals surface area contributed by atoms with Gasteiger partial charge in [-0.15, -0.1) is 0 Å². The van der Waals surface area contributed by atoms with Gasteiger partial charge >= 0.3 is 0 Å². The number of rotatable bonds is 4. The van der Waals surface area contributed by atoms with Crippen LogP contribution in [0.5, 0.6) is 0 Å². The Kier molecular flexibility index (Phi) is 5.34. The highest BCUT2D eigenvalue weighted by Crippen LogP contribution is 2.41. The van der Waals surface area contributed by atoms with Crippen LogP contribution in [0, 0.1) is 21.8 Å². The minimum atomic E-state index is -0.716. The summed E-state index contributed by atoms with van der Waals surface area (Å²) in [6.07, 6.45) is 2.08. The number of carbonyl (C=O) groups is 2. The molecule has 3 rings (SSSR count). The lowest BCUT2D eigenvalue weighted by Crippen LogP contribution is -2.30. The molecule has 0 aliphatic carbocycles. The molecule has 0 saturated carbocycles. The van der Waals surface area contributed by atoms with Crippen LogP contribution in [0.25, 0.3) is 0 Å². The molecule has 9 heteroatoms. The van der Waals surface area contributed by atoms with Crippen molar-refractivity contribution in [2.24, 2.45) is 5.92 Å². The number of nitro benzene ring substituents is 1. The summed E-state index contributed by atoms with van der Waals surface area (Å²) >= 11 is 0. The van der Waals surface area contributed by atoms with Crippen molar-refractivity contribution >= 4 is 23.2 Å². The SMILES string of the molecule is CC(=O)N1CCC(C)C1c1cc([N+](=O)[O-])c(NC(=O)c2ccccn2)cc1F. The highest BCUT2D eigenvalue weighted by atomic mass is 19.1. The molecule has 1 aliphatic rings. The van der Waals surface area contributed by atoms with Gasteiger partial charge in [0.25, 0.3) is 11.6 Å². The molecule has 8 nitrogen and oxygen atoms in total. The van der Waals surface area contributed by atoms with E-state index in [-0.39, 0.29) is 28.8 Å². The van der Waals surface area contributed by atoms with Gasteiger partial charge in [-0.1, -0.05) is 13.0 Å². The van der Waals surface area contributed by atoms with Gasteiger partial charge in [-0.05, 0) is 24.5 Å². The average Bonchev–Trinajstić information content (AvgIpc) is 3.04. The number of aromatic nitrogens is 1. The largest absolute Gasteiger partial charge is 0.336 e. The number of likely N-dealkylation sites (tertiary alicyclic amines) is 1. The molecule has 146 valence electrons. The van der Waals surface area contributed by atoms with Crippen LogP contribution in [0.3, 0.4) is 0 Å². The Morgan fingerprint density at radius 2 is 2.11 bits per heavy atom. The predicted molar refractivity (Wildman–Crippen MR) is 99.2 cm³/mol. The van der Waals surface area contributed by atoms with Gasteiger partial charge in [-0.3, -0.25) is 24.7 Å². The molecule has 1 saturated heterocycles. The average molecular weight is 386 g/mol. The molecule has 2 amide bonds. The smallest absolute Gasteiger partial charge is 0.293 e. The summed E-state index contributed by atoms with van der Waals surface area (Å²) in [5, 5.41) is 13.9. The number of carbonyl (C=O) groups excluding carboxylic acids is 2. The molecule has 1 aliphatic heterocycles. The van der Waals surface area contributed by atoms with Crippen LogP contribution in [0.15, 0.2) is 36.5 Å². The molecular weight excluding hydrogens is 367 g/mol. The van der Waals surface area contributed by atoms with Crippen LogP contribution in [0.2, 0.25) is 0 Å². The number of nitrogens with zero attached hydrogens (tertiary/aromatic N) is 3. The molecule has 0 bridgehead atoms. The Morgan fingerprint density at radius 1 is 1.36 bits per heavy atom. The lowest BCUT2D eigenvalue weighted by atomic mass is 9.94. The predicted octanol–water partition coefficient (Wildman–Crippen LogP) is 3.31. The van der Waals surface area contributed by atoms with Crippen molar-refractivity contribution in [3.8, 4) is 0 Å². The molecule has 1 fully saturated rings. The maximum atomic E-state index is 14.9. The third-order valence-electron chi connectivity index (χ3n) is 4.88. The van der Waals surface area contributed by atoms with Crippen LogP contribution in [0.1, 0.15) is 42.4 Å². The van der Waals surface area contributed by atoms with Gasteiger partial charge in [0.15, 0.2) is 0 Å². The monoisotopic (exact) mass is 386 g/mol. The lowest BCUT2D eigenvalue weighted by Gasteiger charge is -2.27. The zero-order valence-corrected chi connectivity index (χ0v) is 15.4. The minimum Gasteiger partial charge on any atom is -0.336 e. The maximum absolute atomic E-state index is 14.9. The highest BCUT2D eigenvalue weighted by molar-refractivity contribution is 6.04. The maximum Gasteiger partial charge on any atom is 0.293 e. The highest BCUT2D eigenvalue weighted by Gasteiger charge is 2.37. The summed E-state index contributed by atoms with van der Waals surface area (Å²) in [5.74, 6) is -1.67. The van der Waals surface area contributed by atoms with Gasteiger partial charge in [0.05, 0.1) is 11.0 Å². The molecule has 28 heavy (non-hydrogen) atoms. The van der Waals surface area contributed by atoms with Crippen molar-refractivity contribution in [3.63, 3.8) is 0 Å². The fourth-order valence-corrected chi connectivity index (χ4v) is 3.51. The van der Waals surface area contributed by atoms with Crippen molar-refractivity contribution < 1.29 is 18.9 Å². The van der Waals surface area contributed by atoms with Crippen LogP contribution in [0.4, 0.5) is 15.8 Å². The zero-order chi connectivity index (χ0) is 20.4. The first-order valence-corrected chi connectivity index (χ1v) is 8.77. The van der Waals surface area contributed by atoms with E-state index in [1.54, 1.807) is 12.1 Å². The van der Waals surface area contributed by atoms with E-state index in [0.29, 0.717) is 13.0 Å². The molecule has 2 aromatic rings. The van der Waals surface area contributed by atoms with Crippen molar-refractivity contribution in [3.05, 3.63) is 63.7 Å². The number of anilines is 1. The van der Waals surface area contributed by atoms with Gasteiger partial charge in [0.1, 0.15) is 17.2 Å². The normalized spacial score (nSPS) is 18.8. The summed E-state index contributed by atoms with van der Waals surface area (Å²) in [4.78, 5) is 40.4. The van der Waals surface area contributed by atoms with Crippen molar-refractivity contribution in [2.45, 2.75) is 26.3 Å². The zero-order valence-electron chi connectivity index (χ0n) is 15.4. The molecule has 1 aromatic heterocycles. The Morgan fingerprint density at radius 3 is 2.71 bits per heavy atom. The molecular formula is C19H19FN4O4. The van der Waals surface area contributed by atoms with Gasteiger partial charge in [0, 0.05) is 37.4 Å². The van der Waals surface area contributed by atoms with E-state index in [1.807, 2.05) is 6.92 Å². The van der Waals surface area contributed by atoms with Crippen molar-refractivity contribution in [1.29, 1.82) is 0 Å². The number of hydrogen-bond acceptors (Lipinski definition) is 5. The Balaban J connectivity index is 2.00. The third-order valence-corrected chi connectivity index (χ3v) is 4.88. The summed E-state index contributed by atoms with van der Waals surface area (Å²) in [7, 11) is 0. The molecule has 2 heterocycles. The summed E-state index contributed by atoms with van der Waals surface area (Å²) in [6, 6.07) is 6.10.